The van der Waals surface area contributed by atoms with Gasteiger partial charge in [-0.3, -0.25) is 0 Å². The van der Waals surface area contributed by atoms with Gasteiger partial charge in [0.2, 0.25) is 0 Å². The second-order valence-electron chi connectivity index (χ2n) is 15.9. The first kappa shape index (κ1) is 26.5. The Labute approximate surface area is 240 Å². The van der Waals surface area contributed by atoms with Gasteiger partial charge in [-0.05, 0) is 121 Å². The maximum atomic E-state index is 3.01. The summed E-state index contributed by atoms with van der Waals surface area (Å²) in [7, 11) is 0. The predicted molar refractivity (Wildman–Crippen MR) is 167 cm³/mol. The second-order valence-corrected chi connectivity index (χ2v) is 15.9. The van der Waals surface area contributed by atoms with Crippen LogP contribution in [0.3, 0.4) is 0 Å². The van der Waals surface area contributed by atoms with Crippen molar-refractivity contribution < 1.29 is 0 Å². The molecule has 2 heteroatoms. The maximum Gasteiger partial charge on any atom is 0.0411 e. The molecule has 5 fully saturated rings. The fourth-order valence-corrected chi connectivity index (χ4v) is 12.2. The average Bonchev–Trinajstić information content (AvgIpc) is 3.23. The molecule has 7 rings (SSSR count). The van der Waals surface area contributed by atoms with Crippen LogP contribution in [0.5, 0.6) is 0 Å². The molecule has 4 aliphatic carbocycles. The standard InChI is InChI=1S/C37H56N2/c1-27-24-28(38-32-18-10-8-16-30(32)36(34(38,2)3)20-12-6-13-21-36)26-29(25-27)39-33-19-11-9-17-31(33)37(35(39,4)5)22-14-7-15-23-37/h8,16,24-26,30-33H,6-7,9-15,17-23H2,1-5H3. The zero-order valence-electron chi connectivity index (χ0n) is 25.9. The van der Waals surface area contributed by atoms with Crippen molar-refractivity contribution in [2.24, 2.45) is 22.7 Å². The Kier molecular flexibility index (Phi) is 6.30. The Hall–Kier alpha value is -1.44. The van der Waals surface area contributed by atoms with E-state index in [1.54, 1.807) is 0 Å². The number of aryl methyl sites for hydroxylation is 1. The van der Waals surface area contributed by atoms with E-state index in [2.05, 4.69) is 74.8 Å². The van der Waals surface area contributed by atoms with E-state index < -0.39 is 0 Å². The van der Waals surface area contributed by atoms with Crippen molar-refractivity contribution in [2.75, 3.05) is 9.80 Å². The maximum absolute atomic E-state index is 3.01. The van der Waals surface area contributed by atoms with Gasteiger partial charge in [-0.2, -0.15) is 0 Å². The molecule has 2 spiro atoms. The first-order chi connectivity index (χ1) is 18.7. The minimum Gasteiger partial charge on any atom is -0.362 e. The first-order valence-electron chi connectivity index (χ1n) is 17.1. The molecule has 0 N–H and O–H groups in total. The van der Waals surface area contributed by atoms with Gasteiger partial charge in [0.25, 0.3) is 0 Å². The van der Waals surface area contributed by atoms with E-state index in [4.69, 9.17) is 0 Å². The van der Waals surface area contributed by atoms with E-state index >= 15 is 0 Å². The summed E-state index contributed by atoms with van der Waals surface area (Å²) in [6.45, 7) is 12.9. The molecular weight excluding hydrogens is 472 g/mol. The summed E-state index contributed by atoms with van der Waals surface area (Å²) in [5, 5.41) is 0. The third-order valence-corrected chi connectivity index (χ3v) is 13.9. The SMILES string of the molecule is Cc1cc(N2C3CCC=CC3C3(CCCCC3)C2(C)C)cc(N2C3CCCCC3C3(CCCCC3)C2(C)C)c1. The van der Waals surface area contributed by atoms with Crippen molar-refractivity contribution in [1.82, 2.24) is 0 Å². The molecule has 2 heterocycles. The zero-order chi connectivity index (χ0) is 27.0. The van der Waals surface area contributed by atoms with E-state index in [9.17, 15) is 0 Å². The number of hydrogen-bond donors (Lipinski definition) is 0. The molecule has 0 radical (unpaired) electrons. The molecule has 3 saturated carbocycles. The Bertz CT molecular complexity index is 1100. The summed E-state index contributed by atoms with van der Waals surface area (Å²) < 4.78 is 0. The molecule has 0 amide bonds. The van der Waals surface area contributed by atoms with Crippen molar-refractivity contribution >= 4 is 11.4 Å². The third-order valence-electron chi connectivity index (χ3n) is 13.9. The van der Waals surface area contributed by atoms with Gasteiger partial charge in [0.1, 0.15) is 0 Å². The number of benzene rings is 1. The normalized spacial score (nSPS) is 35.8. The highest BCUT2D eigenvalue weighted by atomic mass is 15.3. The van der Waals surface area contributed by atoms with Crippen molar-refractivity contribution in [3.05, 3.63) is 35.9 Å². The molecule has 0 bridgehead atoms. The van der Waals surface area contributed by atoms with E-state index in [0.717, 1.165) is 12.0 Å². The summed E-state index contributed by atoms with van der Waals surface area (Å²) >= 11 is 0. The number of rotatable bonds is 2. The third kappa shape index (κ3) is 3.57. The van der Waals surface area contributed by atoms with Crippen LogP contribution in [-0.2, 0) is 0 Å². The summed E-state index contributed by atoms with van der Waals surface area (Å²) in [4.78, 5) is 5.98. The zero-order valence-corrected chi connectivity index (χ0v) is 25.9. The highest BCUT2D eigenvalue weighted by Crippen LogP contribution is 2.65. The minimum atomic E-state index is 0.182. The van der Waals surface area contributed by atoms with Crippen LogP contribution in [-0.4, -0.2) is 23.2 Å². The predicted octanol–water partition coefficient (Wildman–Crippen LogP) is 9.99. The van der Waals surface area contributed by atoms with E-state index in [-0.39, 0.29) is 11.1 Å². The Morgan fingerprint density at radius 2 is 1.18 bits per heavy atom. The molecule has 2 nitrogen and oxygen atoms in total. The Morgan fingerprint density at radius 1 is 0.615 bits per heavy atom. The van der Waals surface area contributed by atoms with Crippen LogP contribution in [0, 0.1) is 29.6 Å². The summed E-state index contributed by atoms with van der Waals surface area (Å²) in [5.74, 6) is 1.59. The lowest BCUT2D eigenvalue weighted by atomic mass is 9.56. The number of allylic oxidation sites excluding steroid dienone is 1. The van der Waals surface area contributed by atoms with Crippen LogP contribution in [0.2, 0.25) is 0 Å². The lowest BCUT2D eigenvalue weighted by molar-refractivity contribution is 0.0517. The van der Waals surface area contributed by atoms with Gasteiger partial charge >= 0.3 is 0 Å². The molecule has 1 aromatic carbocycles. The summed E-state index contributed by atoms with van der Waals surface area (Å²) in [6.07, 6.45) is 27.8. The molecule has 1 aromatic rings. The van der Waals surface area contributed by atoms with E-state index in [1.165, 1.54) is 120 Å². The first-order valence-corrected chi connectivity index (χ1v) is 17.1. The van der Waals surface area contributed by atoms with Crippen LogP contribution in [0.4, 0.5) is 11.4 Å². The molecule has 2 aliphatic heterocycles. The second kappa shape index (κ2) is 9.29. The Balaban J connectivity index is 1.33. The average molecular weight is 529 g/mol. The largest absolute Gasteiger partial charge is 0.362 e. The van der Waals surface area contributed by atoms with Gasteiger partial charge in [0, 0.05) is 45.9 Å². The lowest BCUT2D eigenvalue weighted by Crippen LogP contribution is -2.52. The minimum absolute atomic E-state index is 0.182. The number of hydrogen-bond acceptors (Lipinski definition) is 2. The molecule has 39 heavy (non-hydrogen) atoms. The summed E-state index contributed by atoms with van der Waals surface area (Å²) in [6, 6.07) is 9.18. The molecule has 214 valence electrons. The lowest BCUT2D eigenvalue weighted by Gasteiger charge is -2.51. The summed E-state index contributed by atoms with van der Waals surface area (Å²) in [5.41, 5.74) is 5.84. The van der Waals surface area contributed by atoms with E-state index in [1.807, 2.05) is 0 Å². The van der Waals surface area contributed by atoms with Crippen molar-refractivity contribution in [1.29, 1.82) is 0 Å². The fraction of sp³-hybridized carbons (Fsp3) is 0.784. The van der Waals surface area contributed by atoms with Crippen LogP contribution < -0.4 is 9.80 Å². The van der Waals surface area contributed by atoms with Crippen molar-refractivity contribution in [2.45, 2.75) is 161 Å². The number of anilines is 2. The molecule has 4 unspecified atom stereocenters. The number of fused-ring (bicyclic) bond motifs is 4. The van der Waals surface area contributed by atoms with Crippen LogP contribution in [0.1, 0.15) is 136 Å². The van der Waals surface area contributed by atoms with Crippen molar-refractivity contribution in [3.63, 3.8) is 0 Å². The van der Waals surface area contributed by atoms with Gasteiger partial charge in [0.05, 0.1) is 0 Å². The van der Waals surface area contributed by atoms with Gasteiger partial charge in [-0.1, -0.05) is 63.5 Å². The van der Waals surface area contributed by atoms with Crippen molar-refractivity contribution in [3.8, 4) is 0 Å². The Morgan fingerprint density at radius 3 is 1.85 bits per heavy atom. The molecule has 2 saturated heterocycles. The number of nitrogens with zero attached hydrogens (tertiary/aromatic N) is 2. The van der Waals surface area contributed by atoms with Crippen LogP contribution >= 0.6 is 0 Å². The van der Waals surface area contributed by atoms with Gasteiger partial charge < -0.3 is 9.80 Å². The quantitative estimate of drug-likeness (QED) is 0.352. The van der Waals surface area contributed by atoms with Crippen LogP contribution in [0.25, 0.3) is 0 Å². The highest BCUT2D eigenvalue weighted by Gasteiger charge is 2.64. The fourth-order valence-electron chi connectivity index (χ4n) is 12.2. The van der Waals surface area contributed by atoms with Crippen LogP contribution in [0.15, 0.2) is 30.4 Å². The molecule has 0 aromatic heterocycles. The molecular formula is C37H56N2. The highest BCUT2D eigenvalue weighted by molar-refractivity contribution is 5.67. The topological polar surface area (TPSA) is 6.48 Å². The monoisotopic (exact) mass is 528 g/mol. The molecule has 4 atom stereocenters. The smallest absolute Gasteiger partial charge is 0.0411 e. The van der Waals surface area contributed by atoms with Gasteiger partial charge in [0.15, 0.2) is 0 Å². The van der Waals surface area contributed by atoms with Gasteiger partial charge in [-0.25, -0.2) is 0 Å². The van der Waals surface area contributed by atoms with Gasteiger partial charge in [-0.15, -0.1) is 0 Å². The van der Waals surface area contributed by atoms with E-state index in [0.29, 0.717) is 22.8 Å². The molecule has 6 aliphatic rings.